The molecular weight excluding hydrogens is 651 g/mol. The molecule has 2 N–H and O–H groups in total. The normalized spacial score (nSPS) is 12.6. The van der Waals surface area contributed by atoms with Gasteiger partial charge in [-0.1, -0.05) is 173 Å². The zero-order chi connectivity index (χ0) is 36.8. The number of hydrogen-bond donors (Lipinski definition) is 2. The van der Waals surface area contributed by atoms with Crippen molar-refractivity contribution in [3.63, 3.8) is 0 Å². The summed E-state index contributed by atoms with van der Waals surface area (Å²) in [5.41, 5.74) is 0. The minimum absolute atomic E-state index is 0.206. The molecule has 0 amide bonds. The molecule has 0 heterocycles. The molecule has 0 spiro atoms. The molecule has 50 heavy (non-hydrogen) atoms. The number of unbranched alkanes of at least 4 members (excludes halogenated alkanes) is 24. The van der Waals surface area contributed by atoms with Gasteiger partial charge in [0.1, 0.15) is 6.61 Å². The molecule has 0 aromatic rings. The molecular formula is C41H77O8P. The molecule has 0 saturated heterocycles. The molecule has 0 aliphatic carbocycles. The van der Waals surface area contributed by atoms with Gasteiger partial charge in [0.25, 0.3) is 0 Å². The van der Waals surface area contributed by atoms with E-state index in [-0.39, 0.29) is 19.4 Å². The number of ether oxygens (including phenoxy) is 2. The maximum atomic E-state index is 12.4. The molecule has 0 fully saturated rings. The van der Waals surface area contributed by atoms with Gasteiger partial charge in [-0.25, -0.2) is 4.57 Å². The molecule has 0 rings (SSSR count). The summed E-state index contributed by atoms with van der Waals surface area (Å²) < 4.78 is 26.4. The number of rotatable bonds is 38. The highest BCUT2D eigenvalue weighted by Crippen LogP contribution is 2.36. The lowest BCUT2D eigenvalue weighted by Crippen LogP contribution is -2.29. The number of allylic oxidation sites excluding steroid dienone is 4. The van der Waals surface area contributed by atoms with Crippen molar-refractivity contribution in [3.05, 3.63) is 24.3 Å². The Morgan fingerprint density at radius 1 is 0.520 bits per heavy atom. The molecule has 0 aromatic heterocycles. The molecule has 0 aromatic carbocycles. The number of carbonyl (C=O) groups is 2. The molecule has 9 heteroatoms. The van der Waals surface area contributed by atoms with Crippen molar-refractivity contribution in [1.82, 2.24) is 0 Å². The summed E-state index contributed by atoms with van der Waals surface area (Å²) in [5.74, 6) is -0.886. The Balaban J connectivity index is 3.92. The van der Waals surface area contributed by atoms with Gasteiger partial charge in [-0.05, 0) is 44.9 Å². The number of hydrogen-bond acceptors (Lipinski definition) is 6. The summed E-state index contributed by atoms with van der Waals surface area (Å²) >= 11 is 0. The average molecular weight is 729 g/mol. The van der Waals surface area contributed by atoms with Crippen LogP contribution in [0.15, 0.2) is 24.3 Å². The highest BCUT2D eigenvalue weighted by molar-refractivity contribution is 7.46. The molecule has 0 saturated carbocycles. The van der Waals surface area contributed by atoms with Crippen LogP contribution in [0.5, 0.6) is 0 Å². The van der Waals surface area contributed by atoms with Gasteiger partial charge >= 0.3 is 19.8 Å². The van der Waals surface area contributed by atoms with Crippen LogP contribution in [0.1, 0.15) is 206 Å². The third-order valence-electron chi connectivity index (χ3n) is 8.97. The van der Waals surface area contributed by atoms with Gasteiger partial charge in [0.2, 0.25) is 0 Å². The lowest BCUT2D eigenvalue weighted by Gasteiger charge is -2.18. The number of phosphoric acid groups is 1. The van der Waals surface area contributed by atoms with E-state index in [1.165, 1.54) is 122 Å². The van der Waals surface area contributed by atoms with Gasteiger partial charge in [0.05, 0.1) is 6.61 Å². The molecule has 8 nitrogen and oxygen atoms in total. The second-order valence-corrected chi connectivity index (χ2v) is 15.2. The van der Waals surface area contributed by atoms with E-state index in [0.29, 0.717) is 6.42 Å². The standard InChI is InChI=1S/C41H77O8P/c1-3-5-7-9-11-13-15-17-19-20-21-22-24-26-28-30-32-34-36-41(43)49-39(38-48-50(44,45)46)37-47-40(42)35-33-31-29-27-25-23-18-16-14-12-10-8-6-4-2/h13,15,19-20,39H,3-12,14,16-18,21-38H2,1-2H3,(H2,44,45,46)/b15-13-,20-19-. The van der Waals surface area contributed by atoms with Crippen LogP contribution in [-0.2, 0) is 28.2 Å². The van der Waals surface area contributed by atoms with E-state index in [0.717, 1.165) is 51.4 Å². The van der Waals surface area contributed by atoms with E-state index in [9.17, 15) is 14.2 Å². The Morgan fingerprint density at radius 2 is 0.900 bits per heavy atom. The quantitative estimate of drug-likeness (QED) is 0.0279. The average Bonchev–Trinajstić information content (AvgIpc) is 3.08. The summed E-state index contributed by atoms with van der Waals surface area (Å²) in [4.78, 5) is 42.8. The summed E-state index contributed by atoms with van der Waals surface area (Å²) in [6, 6.07) is 0. The summed E-state index contributed by atoms with van der Waals surface area (Å²) in [6.07, 6.45) is 41.8. The fourth-order valence-electron chi connectivity index (χ4n) is 5.87. The van der Waals surface area contributed by atoms with E-state index in [1.54, 1.807) is 0 Å². The van der Waals surface area contributed by atoms with Crippen LogP contribution in [0.3, 0.4) is 0 Å². The largest absolute Gasteiger partial charge is 0.469 e. The minimum Gasteiger partial charge on any atom is -0.462 e. The van der Waals surface area contributed by atoms with Crippen LogP contribution in [-0.4, -0.2) is 41.0 Å². The van der Waals surface area contributed by atoms with Crippen molar-refractivity contribution in [2.45, 2.75) is 213 Å². The second kappa shape index (κ2) is 37.3. The van der Waals surface area contributed by atoms with E-state index < -0.39 is 32.5 Å². The zero-order valence-electron chi connectivity index (χ0n) is 32.3. The molecule has 0 aliphatic heterocycles. The van der Waals surface area contributed by atoms with Gasteiger partial charge in [-0.3, -0.25) is 14.1 Å². The molecule has 0 bridgehead atoms. The Labute approximate surface area is 307 Å². The van der Waals surface area contributed by atoms with Crippen molar-refractivity contribution in [2.75, 3.05) is 13.2 Å². The Kier molecular flexibility index (Phi) is 36.2. The predicted molar refractivity (Wildman–Crippen MR) is 207 cm³/mol. The Bertz CT molecular complexity index is 869. The number of phosphoric ester groups is 1. The first-order valence-electron chi connectivity index (χ1n) is 20.6. The van der Waals surface area contributed by atoms with Gasteiger partial charge in [-0.15, -0.1) is 0 Å². The van der Waals surface area contributed by atoms with Crippen LogP contribution >= 0.6 is 7.82 Å². The van der Waals surface area contributed by atoms with Crippen molar-refractivity contribution >= 4 is 19.8 Å². The maximum absolute atomic E-state index is 12.4. The molecule has 294 valence electrons. The molecule has 0 radical (unpaired) electrons. The van der Waals surface area contributed by atoms with Crippen LogP contribution in [0.2, 0.25) is 0 Å². The first kappa shape index (κ1) is 48.5. The Morgan fingerprint density at radius 3 is 1.34 bits per heavy atom. The second-order valence-electron chi connectivity index (χ2n) is 14.0. The summed E-state index contributed by atoms with van der Waals surface area (Å²) in [5, 5.41) is 0. The maximum Gasteiger partial charge on any atom is 0.469 e. The predicted octanol–water partition coefficient (Wildman–Crippen LogP) is 12.4. The highest BCUT2D eigenvalue weighted by atomic mass is 31.2. The topological polar surface area (TPSA) is 119 Å². The smallest absolute Gasteiger partial charge is 0.462 e. The van der Waals surface area contributed by atoms with Crippen molar-refractivity contribution < 1.29 is 37.9 Å². The highest BCUT2D eigenvalue weighted by Gasteiger charge is 2.22. The minimum atomic E-state index is -4.75. The molecule has 1 atom stereocenters. The van der Waals surface area contributed by atoms with Gasteiger partial charge in [-0.2, -0.15) is 0 Å². The lowest BCUT2D eigenvalue weighted by atomic mass is 10.0. The van der Waals surface area contributed by atoms with Crippen molar-refractivity contribution in [3.8, 4) is 0 Å². The van der Waals surface area contributed by atoms with Gasteiger partial charge in [0, 0.05) is 12.8 Å². The van der Waals surface area contributed by atoms with E-state index in [4.69, 9.17) is 19.3 Å². The van der Waals surface area contributed by atoms with Crippen LogP contribution in [0.25, 0.3) is 0 Å². The number of carbonyl (C=O) groups excluding carboxylic acids is 2. The van der Waals surface area contributed by atoms with E-state index >= 15 is 0 Å². The zero-order valence-corrected chi connectivity index (χ0v) is 33.2. The van der Waals surface area contributed by atoms with Crippen LogP contribution < -0.4 is 0 Å². The van der Waals surface area contributed by atoms with E-state index in [1.807, 2.05) is 0 Å². The third-order valence-corrected chi connectivity index (χ3v) is 9.46. The van der Waals surface area contributed by atoms with Gasteiger partial charge < -0.3 is 19.3 Å². The van der Waals surface area contributed by atoms with Crippen LogP contribution in [0, 0.1) is 0 Å². The summed E-state index contributed by atoms with van der Waals surface area (Å²) in [6.45, 7) is 3.67. The fraction of sp³-hybridized carbons (Fsp3) is 0.854. The number of esters is 2. The van der Waals surface area contributed by atoms with Crippen molar-refractivity contribution in [1.29, 1.82) is 0 Å². The molecule has 0 aliphatic rings. The lowest BCUT2D eigenvalue weighted by molar-refractivity contribution is -0.161. The fourth-order valence-corrected chi connectivity index (χ4v) is 6.23. The summed E-state index contributed by atoms with van der Waals surface area (Å²) in [7, 11) is -4.75. The van der Waals surface area contributed by atoms with Gasteiger partial charge in [0.15, 0.2) is 6.10 Å². The first-order valence-corrected chi connectivity index (χ1v) is 22.2. The monoisotopic (exact) mass is 729 g/mol. The Hall–Kier alpha value is -1.47. The molecule has 1 unspecified atom stereocenters. The SMILES string of the molecule is CCCCCC/C=C\C/C=C\CCCCCCCCCC(=O)OC(COC(=O)CCCCCCCCCCCCCCCC)COP(=O)(O)O. The van der Waals surface area contributed by atoms with E-state index in [2.05, 4.69) is 42.7 Å². The first-order chi connectivity index (χ1) is 24.3. The van der Waals surface area contributed by atoms with Crippen LogP contribution in [0.4, 0.5) is 0 Å². The van der Waals surface area contributed by atoms with Crippen molar-refractivity contribution in [2.24, 2.45) is 0 Å². The third kappa shape index (κ3) is 39.3.